The minimum atomic E-state index is -0.00918. The molecule has 0 aliphatic heterocycles. The van der Waals surface area contributed by atoms with Gasteiger partial charge in [-0.2, -0.15) is 0 Å². The van der Waals surface area contributed by atoms with Gasteiger partial charge in [-0.15, -0.1) is 0 Å². The molecule has 96 valence electrons. The summed E-state index contributed by atoms with van der Waals surface area (Å²) in [5.41, 5.74) is -0.00918. The molecule has 1 aliphatic carbocycles. The third-order valence-corrected chi connectivity index (χ3v) is 3.32. The summed E-state index contributed by atoms with van der Waals surface area (Å²) < 4.78 is 5.94. The van der Waals surface area contributed by atoms with Gasteiger partial charge in [0, 0.05) is 6.04 Å². The molecule has 0 amide bonds. The van der Waals surface area contributed by atoms with Crippen LogP contribution in [0.4, 0.5) is 0 Å². The molecule has 2 heteroatoms. The highest BCUT2D eigenvalue weighted by Crippen LogP contribution is 2.28. The molecule has 1 N–H and O–H groups in total. The summed E-state index contributed by atoms with van der Waals surface area (Å²) in [5.74, 6) is 0.842. The molecule has 0 radical (unpaired) electrons. The molecule has 0 saturated heterocycles. The lowest BCUT2D eigenvalue weighted by Crippen LogP contribution is -2.41. The molecule has 0 aromatic carbocycles. The molecule has 1 fully saturated rings. The number of hydrogen-bond acceptors (Lipinski definition) is 2. The van der Waals surface area contributed by atoms with Crippen LogP contribution in [0.15, 0.2) is 0 Å². The SMILES string of the molecule is CCCNC(COC(C)(C)C)C1CCCC1. The Kier molecular flexibility index (Phi) is 5.77. The second-order valence-corrected chi connectivity index (χ2v) is 6.03. The van der Waals surface area contributed by atoms with Crippen LogP contribution < -0.4 is 5.32 Å². The maximum Gasteiger partial charge on any atom is 0.0629 e. The van der Waals surface area contributed by atoms with Gasteiger partial charge in [0.2, 0.25) is 0 Å². The fourth-order valence-corrected chi connectivity index (χ4v) is 2.39. The Morgan fingerprint density at radius 3 is 2.38 bits per heavy atom. The van der Waals surface area contributed by atoms with Crippen molar-refractivity contribution in [1.82, 2.24) is 5.32 Å². The van der Waals surface area contributed by atoms with Gasteiger partial charge < -0.3 is 10.1 Å². The van der Waals surface area contributed by atoms with Crippen LogP contribution in [-0.4, -0.2) is 24.8 Å². The first-order valence-electron chi connectivity index (χ1n) is 6.90. The Hall–Kier alpha value is -0.0800. The highest BCUT2D eigenvalue weighted by Gasteiger charge is 2.26. The van der Waals surface area contributed by atoms with Gasteiger partial charge in [0.1, 0.15) is 0 Å². The van der Waals surface area contributed by atoms with Crippen LogP contribution in [0.25, 0.3) is 0 Å². The zero-order valence-corrected chi connectivity index (χ0v) is 11.5. The molecule has 0 spiro atoms. The summed E-state index contributed by atoms with van der Waals surface area (Å²) in [7, 11) is 0. The number of ether oxygens (including phenoxy) is 1. The predicted molar refractivity (Wildman–Crippen MR) is 69.7 cm³/mol. The van der Waals surface area contributed by atoms with Crippen molar-refractivity contribution in [1.29, 1.82) is 0 Å². The van der Waals surface area contributed by atoms with Crippen LogP contribution in [0.3, 0.4) is 0 Å². The zero-order chi connectivity index (χ0) is 12.0. The van der Waals surface area contributed by atoms with Crippen molar-refractivity contribution in [3.05, 3.63) is 0 Å². The van der Waals surface area contributed by atoms with E-state index in [4.69, 9.17) is 4.74 Å². The topological polar surface area (TPSA) is 21.3 Å². The van der Waals surface area contributed by atoms with E-state index in [9.17, 15) is 0 Å². The smallest absolute Gasteiger partial charge is 0.0629 e. The van der Waals surface area contributed by atoms with Crippen LogP contribution in [0.2, 0.25) is 0 Å². The molecule has 0 heterocycles. The van der Waals surface area contributed by atoms with E-state index in [-0.39, 0.29) is 5.60 Å². The second-order valence-electron chi connectivity index (χ2n) is 6.03. The fourth-order valence-electron chi connectivity index (χ4n) is 2.39. The van der Waals surface area contributed by atoms with E-state index in [1.807, 2.05) is 0 Å². The van der Waals surface area contributed by atoms with Crippen molar-refractivity contribution in [2.24, 2.45) is 5.92 Å². The van der Waals surface area contributed by atoms with E-state index in [2.05, 4.69) is 33.0 Å². The molecule has 1 unspecified atom stereocenters. The number of rotatable bonds is 6. The van der Waals surface area contributed by atoms with Gasteiger partial charge in [-0.25, -0.2) is 0 Å². The third-order valence-electron chi connectivity index (χ3n) is 3.32. The molecule has 1 atom stereocenters. The molecule has 1 aliphatic rings. The zero-order valence-electron chi connectivity index (χ0n) is 11.5. The lowest BCUT2D eigenvalue weighted by atomic mass is 9.98. The molecular formula is C14H29NO. The minimum Gasteiger partial charge on any atom is -0.374 e. The standard InChI is InChI=1S/C14H29NO/c1-5-10-15-13(11-16-14(2,3)4)12-8-6-7-9-12/h12-13,15H,5-11H2,1-4H3. The summed E-state index contributed by atoms with van der Waals surface area (Å²) in [6.45, 7) is 10.6. The van der Waals surface area contributed by atoms with Crippen LogP contribution in [0.1, 0.15) is 59.8 Å². The van der Waals surface area contributed by atoms with E-state index in [1.54, 1.807) is 0 Å². The lowest BCUT2D eigenvalue weighted by molar-refractivity contribution is -0.0218. The first-order chi connectivity index (χ1) is 7.53. The van der Waals surface area contributed by atoms with Crippen molar-refractivity contribution in [2.45, 2.75) is 71.4 Å². The highest BCUT2D eigenvalue weighted by molar-refractivity contribution is 4.81. The molecule has 0 bridgehead atoms. The Morgan fingerprint density at radius 1 is 1.25 bits per heavy atom. The number of hydrogen-bond donors (Lipinski definition) is 1. The lowest BCUT2D eigenvalue weighted by Gasteiger charge is -2.29. The van der Waals surface area contributed by atoms with Gasteiger partial charge in [-0.3, -0.25) is 0 Å². The number of nitrogens with one attached hydrogen (secondary N) is 1. The van der Waals surface area contributed by atoms with Gasteiger partial charge in [0.25, 0.3) is 0 Å². The molecule has 16 heavy (non-hydrogen) atoms. The average molecular weight is 227 g/mol. The Balaban J connectivity index is 2.36. The summed E-state index contributed by atoms with van der Waals surface area (Å²) in [6, 6.07) is 0.571. The average Bonchev–Trinajstić information content (AvgIpc) is 2.69. The monoisotopic (exact) mass is 227 g/mol. The van der Waals surface area contributed by atoms with Crippen molar-refractivity contribution in [3.8, 4) is 0 Å². The Labute approximate surface area is 101 Å². The first-order valence-corrected chi connectivity index (χ1v) is 6.90. The largest absolute Gasteiger partial charge is 0.374 e. The Morgan fingerprint density at radius 2 is 1.88 bits per heavy atom. The quantitative estimate of drug-likeness (QED) is 0.751. The summed E-state index contributed by atoms with van der Waals surface area (Å²) in [5, 5.41) is 3.66. The molecule has 0 aromatic heterocycles. The van der Waals surface area contributed by atoms with Gasteiger partial charge in [-0.1, -0.05) is 19.8 Å². The Bertz CT molecular complexity index is 180. The summed E-state index contributed by atoms with van der Waals surface area (Å²) >= 11 is 0. The van der Waals surface area contributed by atoms with E-state index in [0.29, 0.717) is 6.04 Å². The van der Waals surface area contributed by atoms with Gasteiger partial charge >= 0.3 is 0 Å². The molecule has 1 saturated carbocycles. The van der Waals surface area contributed by atoms with Gasteiger partial charge in [0.05, 0.1) is 12.2 Å². The fraction of sp³-hybridized carbons (Fsp3) is 1.00. The van der Waals surface area contributed by atoms with Crippen molar-refractivity contribution in [2.75, 3.05) is 13.2 Å². The van der Waals surface area contributed by atoms with Crippen LogP contribution in [-0.2, 0) is 4.74 Å². The van der Waals surface area contributed by atoms with Crippen LogP contribution >= 0.6 is 0 Å². The maximum atomic E-state index is 5.94. The normalized spacial score (nSPS) is 20.2. The van der Waals surface area contributed by atoms with Gasteiger partial charge in [-0.05, 0) is 52.5 Å². The second kappa shape index (κ2) is 6.61. The van der Waals surface area contributed by atoms with E-state index < -0.39 is 0 Å². The van der Waals surface area contributed by atoms with Gasteiger partial charge in [0.15, 0.2) is 0 Å². The minimum absolute atomic E-state index is 0.00918. The molecule has 2 nitrogen and oxygen atoms in total. The van der Waals surface area contributed by atoms with E-state index in [1.165, 1.54) is 32.1 Å². The van der Waals surface area contributed by atoms with Crippen LogP contribution in [0, 0.1) is 5.92 Å². The van der Waals surface area contributed by atoms with E-state index in [0.717, 1.165) is 19.1 Å². The van der Waals surface area contributed by atoms with Crippen molar-refractivity contribution < 1.29 is 4.74 Å². The maximum absolute atomic E-state index is 5.94. The highest BCUT2D eigenvalue weighted by atomic mass is 16.5. The van der Waals surface area contributed by atoms with Crippen molar-refractivity contribution in [3.63, 3.8) is 0 Å². The molecular weight excluding hydrogens is 198 g/mol. The summed E-state index contributed by atoms with van der Waals surface area (Å²) in [4.78, 5) is 0. The van der Waals surface area contributed by atoms with E-state index >= 15 is 0 Å². The predicted octanol–water partition coefficient (Wildman–Crippen LogP) is 3.36. The van der Waals surface area contributed by atoms with Crippen LogP contribution in [0.5, 0.6) is 0 Å². The molecule has 0 aromatic rings. The first kappa shape index (κ1) is 14.0. The third kappa shape index (κ3) is 5.31. The summed E-state index contributed by atoms with van der Waals surface area (Å²) in [6.07, 6.45) is 6.79. The molecule has 1 rings (SSSR count). The van der Waals surface area contributed by atoms with Crippen molar-refractivity contribution >= 4 is 0 Å².